The minimum Gasteiger partial charge on any atom is -0.355 e. The zero-order valence-electron chi connectivity index (χ0n) is 13.0. The van der Waals surface area contributed by atoms with Crippen LogP contribution in [0.25, 0.3) is 22.6 Å². The molecule has 5 nitrogen and oxygen atoms in total. The summed E-state index contributed by atoms with van der Waals surface area (Å²) >= 11 is 6.13. The number of piperidine rings is 1. The first kappa shape index (κ1) is 14.5. The van der Waals surface area contributed by atoms with Crippen LogP contribution in [0.15, 0.2) is 30.6 Å². The fraction of sp³-hybridized carbons (Fsp3) is 0.353. The van der Waals surface area contributed by atoms with Gasteiger partial charge in [0, 0.05) is 30.7 Å². The Hall–Kier alpha value is -2.14. The second-order valence-electron chi connectivity index (χ2n) is 5.96. The molecule has 2 aromatic heterocycles. The highest BCUT2D eigenvalue weighted by molar-refractivity contribution is 6.30. The van der Waals surface area contributed by atoms with Crippen molar-refractivity contribution in [1.82, 2.24) is 19.5 Å². The third-order valence-electron chi connectivity index (χ3n) is 4.28. The van der Waals surface area contributed by atoms with Crippen LogP contribution in [0.1, 0.15) is 19.3 Å². The van der Waals surface area contributed by atoms with Crippen LogP contribution < -0.4 is 4.90 Å². The van der Waals surface area contributed by atoms with Crippen molar-refractivity contribution >= 4 is 28.6 Å². The molecule has 3 heterocycles. The van der Waals surface area contributed by atoms with E-state index in [-0.39, 0.29) is 0 Å². The van der Waals surface area contributed by atoms with Gasteiger partial charge in [-0.05, 0) is 31.4 Å². The van der Waals surface area contributed by atoms with Gasteiger partial charge in [0.15, 0.2) is 22.8 Å². The van der Waals surface area contributed by atoms with E-state index in [1.165, 1.54) is 19.3 Å². The van der Waals surface area contributed by atoms with E-state index < -0.39 is 0 Å². The van der Waals surface area contributed by atoms with Crippen molar-refractivity contribution < 1.29 is 0 Å². The third kappa shape index (κ3) is 2.65. The van der Waals surface area contributed by atoms with Crippen LogP contribution in [0.2, 0.25) is 5.02 Å². The van der Waals surface area contributed by atoms with Gasteiger partial charge in [-0.15, -0.1) is 0 Å². The molecule has 0 N–H and O–H groups in total. The number of anilines is 1. The summed E-state index contributed by atoms with van der Waals surface area (Å²) in [5.41, 5.74) is 2.66. The van der Waals surface area contributed by atoms with Gasteiger partial charge >= 0.3 is 0 Å². The molecule has 3 aromatic rings. The Morgan fingerprint density at radius 3 is 2.70 bits per heavy atom. The maximum absolute atomic E-state index is 6.13. The van der Waals surface area contributed by atoms with Crippen molar-refractivity contribution in [2.24, 2.45) is 7.05 Å². The summed E-state index contributed by atoms with van der Waals surface area (Å²) in [4.78, 5) is 16.4. The lowest BCUT2D eigenvalue weighted by atomic mass is 10.1. The molecule has 6 heteroatoms. The number of halogens is 1. The molecule has 0 aliphatic carbocycles. The number of aromatic nitrogens is 4. The molecule has 1 aromatic carbocycles. The minimum absolute atomic E-state index is 0.690. The van der Waals surface area contributed by atoms with Crippen LogP contribution in [0, 0.1) is 0 Å². The molecule has 118 valence electrons. The number of hydrogen-bond acceptors (Lipinski definition) is 4. The van der Waals surface area contributed by atoms with E-state index in [2.05, 4.69) is 9.88 Å². The van der Waals surface area contributed by atoms with Gasteiger partial charge in [0.2, 0.25) is 0 Å². The van der Waals surface area contributed by atoms with Crippen molar-refractivity contribution in [3.05, 3.63) is 35.6 Å². The fourth-order valence-corrected chi connectivity index (χ4v) is 3.27. The summed E-state index contributed by atoms with van der Waals surface area (Å²) in [5.74, 6) is 1.63. The maximum Gasteiger partial charge on any atom is 0.165 e. The quantitative estimate of drug-likeness (QED) is 0.720. The normalized spacial score (nSPS) is 15.3. The molecular formula is C17H18ClN5. The average Bonchev–Trinajstić information content (AvgIpc) is 2.96. The van der Waals surface area contributed by atoms with Gasteiger partial charge in [0.25, 0.3) is 0 Å². The number of benzene rings is 1. The first-order chi connectivity index (χ1) is 11.2. The monoisotopic (exact) mass is 327 g/mol. The summed E-state index contributed by atoms with van der Waals surface area (Å²) in [6, 6.07) is 7.68. The summed E-state index contributed by atoms with van der Waals surface area (Å²) < 4.78 is 1.94. The molecule has 0 amide bonds. The summed E-state index contributed by atoms with van der Waals surface area (Å²) in [6.45, 7) is 2.05. The summed E-state index contributed by atoms with van der Waals surface area (Å²) in [5, 5.41) is 0.690. The van der Waals surface area contributed by atoms with Crippen LogP contribution in [0.5, 0.6) is 0 Å². The lowest BCUT2D eigenvalue weighted by Gasteiger charge is -2.28. The Kier molecular flexibility index (Phi) is 3.65. The Balaban J connectivity index is 1.90. The summed E-state index contributed by atoms with van der Waals surface area (Å²) in [7, 11) is 1.96. The number of rotatable bonds is 2. The van der Waals surface area contributed by atoms with Crippen molar-refractivity contribution in [2.45, 2.75) is 19.3 Å². The first-order valence-electron chi connectivity index (χ1n) is 7.92. The second-order valence-corrected chi connectivity index (χ2v) is 6.39. The van der Waals surface area contributed by atoms with Gasteiger partial charge in [0.1, 0.15) is 0 Å². The largest absolute Gasteiger partial charge is 0.355 e. The molecule has 4 rings (SSSR count). The van der Waals surface area contributed by atoms with Crippen LogP contribution in [0.3, 0.4) is 0 Å². The Morgan fingerprint density at radius 2 is 1.91 bits per heavy atom. The molecule has 23 heavy (non-hydrogen) atoms. The molecule has 1 aliphatic heterocycles. The molecule has 1 fully saturated rings. The molecular weight excluding hydrogens is 310 g/mol. The Bertz CT molecular complexity index is 851. The molecule has 0 spiro atoms. The van der Waals surface area contributed by atoms with Gasteiger partial charge < -0.3 is 9.47 Å². The summed E-state index contributed by atoms with van der Waals surface area (Å²) in [6.07, 6.45) is 5.48. The molecule has 0 bridgehead atoms. The van der Waals surface area contributed by atoms with Gasteiger partial charge in [-0.1, -0.05) is 23.7 Å². The van der Waals surface area contributed by atoms with Gasteiger partial charge in [-0.3, -0.25) is 0 Å². The van der Waals surface area contributed by atoms with Crippen molar-refractivity contribution in [2.75, 3.05) is 18.0 Å². The van der Waals surface area contributed by atoms with Gasteiger partial charge in [0.05, 0.1) is 6.33 Å². The molecule has 0 radical (unpaired) electrons. The van der Waals surface area contributed by atoms with E-state index in [1.807, 2.05) is 35.9 Å². The number of aryl methyl sites for hydroxylation is 1. The Morgan fingerprint density at radius 1 is 1.09 bits per heavy atom. The number of fused-ring (bicyclic) bond motifs is 1. The zero-order chi connectivity index (χ0) is 15.8. The molecule has 1 aliphatic rings. The molecule has 0 unspecified atom stereocenters. The predicted molar refractivity (Wildman–Crippen MR) is 92.8 cm³/mol. The van der Waals surface area contributed by atoms with Crippen LogP contribution in [-0.2, 0) is 7.05 Å². The number of hydrogen-bond donors (Lipinski definition) is 0. The fourth-order valence-electron chi connectivity index (χ4n) is 3.07. The van der Waals surface area contributed by atoms with Crippen LogP contribution in [-0.4, -0.2) is 32.6 Å². The van der Waals surface area contributed by atoms with Crippen LogP contribution in [0.4, 0.5) is 5.82 Å². The zero-order valence-corrected chi connectivity index (χ0v) is 13.8. The number of nitrogens with zero attached hydrogens (tertiary/aromatic N) is 5. The van der Waals surface area contributed by atoms with Gasteiger partial charge in [-0.25, -0.2) is 15.0 Å². The lowest BCUT2D eigenvalue weighted by Crippen LogP contribution is -2.30. The van der Waals surface area contributed by atoms with E-state index >= 15 is 0 Å². The lowest BCUT2D eigenvalue weighted by molar-refractivity contribution is 0.574. The minimum atomic E-state index is 0.690. The van der Waals surface area contributed by atoms with Crippen molar-refractivity contribution in [3.8, 4) is 11.4 Å². The van der Waals surface area contributed by atoms with Crippen LogP contribution >= 0.6 is 11.6 Å². The molecule has 0 atom stereocenters. The van der Waals surface area contributed by atoms with Gasteiger partial charge in [-0.2, -0.15) is 0 Å². The highest BCUT2D eigenvalue weighted by atomic mass is 35.5. The SMILES string of the molecule is Cn1cnc2c(N3CCCCC3)nc(-c3cccc(Cl)c3)nc21. The van der Waals surface area contributed by atoms with E-state index in [0.717, 1.165) is 35.6 Å². The molecule has 0 saturated carbocycles. The standard InChI is InChI=1S/C17H18ClN5/c1-22-11-19-14-16(22)20-15(12-6-5-7-13(18)10-12)21-17(14)23-8-3-2-4-9-23/h5-7,10-11H,2-4,8-9H2,1H3. The highest BCUT2D eigenvalue weighted by Crippen LogP contribution is 2.29. The van der Waals surface area contributed by atoms with Crippen molar-refractivity contribution in [1.29, 1.82) is 0 Å². The highest BCUT2D eigenvalue weighted by Gasteiger charge is 2.20. The second kappa shape index (κ2) is 5.81. The Labute approximate surface area is 139 Å². The van der Waals surface area contributed by atoms with E-state index in [0.29, 0.717) is 10.8 Å². The van der Waals surface area contributed by atoms with Crippen molar-refractivity contribution in [3.63, 3.8) is 0 Å². The average molecular weight is 328 g/mol. The van der Waals surface area contributed by atoms with E-state index in [9.17, 15) is 0 Å². The predicted octanol–water partition coefficient (Wildman–Crippen LogP) is 3.67. The first-order valence-corrected chi connectivity index (χ1v) is 8.30. The van der Waals surface area contributed by atoms with E-state index in [4.69, 9.17) is 21.6 Å². The maximum atomic E-state index is 6.13. The van der Waals surface area contributed by atoms with E-state index in [1.54, 1.807) is 6.33 Å². The smallest absolute Gasteiger partial charge is 0.165 e. The molecule has 1 saturated heterocycles. The topological polar surface area (TPSA) is 46.8 Å². The third-order valence-corrected chi connectivity index (χ3v) is 4.51. The number of imidazole rings is 1.